The molecule has 0 unspecified atom stereocenters. The van der Waals surface area contributed by atoms with Crippen molar-refractivity contribution in [1.29, 1.82) is 0 Å². The average Bonchev–Trinajstić information content (AvgIpc) is 2.53. The van der Waals surface area contributed by atoms with Crippen molar-refractivity contribution in [1.82, 2.24) is 10.3 Å². The summed E-state index contributed by atoms with van der Waals surface area (Å²) >= 11 is 5.98. The first kappa shape index (κ1) is 15.9. The molecule has 1 amide bonds. The van der Waals surface area contributed by atoms with Gasteiger partial charge >= 0.3 is 0 Å². The fourth-order valence-corrected chi connectivity index (χ4v) is 1.96. The van der Waals surface area contributed by atoms with Crippen LogP contribution in [0, 0.1) is 0 Å². The Balaban J connectivity index is 2.13. The molecule has 5 nitrogen and oxygen atoms in total. The van der Waals surface area contributed by atoms with Gasteiger partial charge < -0.3 is 15.4 Å². The number of benzene rings is 1. The van der Waals surface area contributed by atoms with Gasteiger partial charge in [-0.1, -0.05) is 17.7 Å². The molecule has 2 N–H and O–H groups in total. The van der Waals surface area contributed by atoms with Crippen LogP contribution in [-0.4, -0.2) is 24.5 Å². The molecule has 0 spiro atoms. The molecule has 6 heteroatoms. The highest BCUT2D eigenvalue weighted by molar-refractivity contribution is 6.31. The number of anilines is 2. The lowest BCUT2D eigenvalue weighted by atomic mass is 10.2. The number of rotatable bonds is 6. The molecule has 0 aliphatic carbocycles. The molecule has 0 bridgehead atoms. The van der Waals surface area contributed by atoms with E-state index >= 15 is 0 Å². The zero-order valence-corrected chi connectivity index (χ0v) is 12.9. The van der Waals surface area contributed by atoms with Crippen LogP contribution in [0.25, 0.3) is 0 Å². The van der Waals surface area contributed by atoms with Crippen LogP contribution in [0.3, 0.4) is 0 Å². The van der Waals surface area contributed by atoms with Crippen LogP contribution in [0.15, 0.2) is 49.2 Å². The fourth-order valence-electron chi connectivity index (χ4n) is 1.79. The number of hydrogen-bond acceptors (Lipinski definition) is 4. The van der Waals surface area contributed by atoms with Crippen molar-refractivity contribution in [2.75, 3.05) is 19.0 Å². The maximum absolute atomic E-state index is 11.7. The number of amides is 1. The first-order valence-corrected chi connectivity index (χ1v) is 6.97. The lowest BCUT2D eigenvalue weighted by molar-refractivity contribution is 0.0953. The molecule has 0 atom stereocenters. The Kier molecular flexibility index (Phi) is 5.38. The minimum Gasteiger partial charge on any atom is -0.495 e. The summed E-state index contributed by atoms with van der Waals surface area (Å²) in [5.74, 6) is 0.420. The summed E-state index contributed by atoms with van der Waals surface area (Å²) in [7, 11) is 1.58. The van der Waals surface area contributed by atoms with Crippen LogP contribution in [-0.2, 0) is 0 Å². The van der Waals surface area contributed by atoms with Crippen molar-refractivity contribution in [3.05, 3.63) is 59.9 Å². The fraction of sp³-hybridized carbons (Fsp3) is 0.125. The largest absolute Gasteiger partial charge is 0.495 e. The number of hydrogen-bond donors (Lipinski definition) is 2. The Morgan fingerprint density at radius 2 is 2.23 bits per heavy atom. The molecule has 114 valence electrons. The predicted molar refractivity (Wildman–Crippen MR) is 88.1 cm³/mol. The number of pyridine rings is 1. The minimum atomic E-state index is -0.244. The molecule has 2 aromatic rings. The van der Waals surface area contributed by atoms with Gasteiger partial charge in [-0.2, -0.15) is 0 Å². The summed E-state index contributed by atoms with van der Waals surface area (Å²) < 4.78 is 5.26. The highest BCUT2D eigenvalue weighted by Gasteiger charge is 2.07. The van der Waals surface area contributed by atoms with Crippen LogP contribution >= 0.6 is 11.6 Å². The molecule has 0 fully saturated rings. The Bertz CT molecular complexity index is 672. The number of ether oxygens (including phenoxy) is 1. The Labute approximate surface area is 134 Å². The van der Waals surface area contributed by atoms with E-state index in [1.807, 2.05) is 0 Å². The van der Waals surface area contributed by atoms with Gasteiger partial charge in [-0.15, -0.1) is 6.58 Å². The Morgan fingerprint density at radius 3 is 2.86 bits per heavy atom. The number of carbonyl (C=O) groups is 1. The lowest BCUT2D eigenvalue weighted by Crippen LogP contribution is -2.24. The monoisotopic (exact) mass is 317 g/mol. The maximum atomic E-state index is 11.7. The van der Waals surface area contributed by atoms with Gasteiger partial charge in [0.05, 0.1) is 24.7 Å². The number of nitrogens with one attached hydrogen (secondary N) is 2. The van der Waals surface area contributed by atoms with E-state index in [0.29, 0.717) is 23.0 Å². The second-order valence-electron chi connectivity index (χ2n) is 4.40. The second kappa shape index (κ2) is 7.47. The number of carbonyl (C=O) groups excluding carboxylic acids is 1. The van der Waals surface area contributed by atoms with Gasteiger partial charge in [-0.25, -0.2) is 4.98 Å². The summed E-state index contributed by atoms with van der Waals surface area (Å²) in [5.41, 5.74) is 1.78. The van der Waals surface area contributed by atoms with Gasteiger partial charge in [0, 0.05) is 11.6 Å². The second-order valence-corrected chi connectivity index (χ2v) is 4.84. The highest BCUT2D eigenvalue weighted by atomic mass is 35.5. The van der Waals surface area contributed by atoms with Crippen molar-refractivity contribution < 1.29 is 9.53 Å². The van der Waals surface area contributed by atoms with E-state index in [-0.39, 0.29) is 5.91 Å². The van der Waals surface area contributed by atoms with Crippen molar-refractivity contribution in [3.63, 3.8) is 0 Å². The van der Waals surface area contributed by atoms with E-state index in [9.17, 15) is 4.79 Å². The molecule has 0 radical (unpaired) electrons. The first-order valence-electron chi connectivity index (χ1n) is 6.59. The van der Waals surface area contributed by atoms with E-state index < -0.39 is 0 Å². The highest BCUT2D eigenvalue weighted by Crippen LogP contribution is 2.30. The van der Waals surface area contributed by atoms with Crippen LogP contribution in [0.2, 0.25) is 5.02 Å². The zero-order valence-electron chi connectivity index (χ0n) is 12.1. The van der Waals surface area contributed by atoms with E-state index in [0.717, 1.165) is 11.4 Å². The molecule has 0 saturated carbocycles. The molecule has 0 saturated heterocycles. The van der Waals surface area contributed by atoms with E-state index in [1.165, 1.54) is 0 Å². The molecule has 2 rings (SSSR count). The molecule has 0 aliphatic rings. The van der Waals surface area contributed by atoms with Gasteiger partial charge in [0.15, 0.2) is 0 Å². The number of aromatic nitrogens is 1. The number of methoxy groups -OCH3 is 1. The van der Waals surface area contributed by atoms with Crippen molar-refractivity contribution in [2.24, 2.45) is 0 Å². The van der Waals surface area contributed by atoms with Gasteiger partial charge in [-0.05, 0) is 30.3 Å². The standard InChI is InChI=1S/C16H16ClN3O2/c1-3-8-18-16(21)13-6-5-12(10-19-13)20-14-9-11(17)4-7-15(14)22-2/h3-7,9-10,20H,1,8H2,2H3,(H,18,21). The van der Waals surface area contributed by atoms with Crippen LogP contribution in [0.5, 0.6) is 5.75 Å². The topological polar surface area (TPSA) is 63.2 Å². The average molecular weight is 318 g/mol. The zero-order chi connectivity index (χ0) is 15.9. The van der Waals surface area contributed by atoms with Crippen LogP contribution < -0.4 is 15.4 Å². The third kappa shape index (κ3) is 3.99. The van der Waals surface area contributed by atoms with Crippen molar-refractivity contribution in [2.45, 2.75) is 0 Å². The molecule has 22 heavy (non-hydrogen) atoms. The molecule has 1 aromatic heterocycles. The molecular formula is C16H16ClN3O2. The number of nitrogens with zero attached hydrogens (tertiary/aromatic N) is 1. The summed E-state index contributed by atoms with van der Waals surface area (Å²) in [5, 5.41) is 6.41. The third-order valence-corrected chi connectivity index (χ3v) is 3.08. The molecular weight excluding hydrogens is 302 g/mol. The predicted octanol–water partition coefficient (Wildman–Crippen LogP) is 3.40. The van der Waals surface area contributed by atoms with Gasteiger partial charge in [0.25, 0.3) is 5.91 Å². The third-order valence-electron chi connectivity index (χ3n) is 2.84. The first-order chi connectivity index (χ1) is 10.6. The molecule has 1 aromatic carbocycles. The van der Waals surface area contributed by atoms with Crippen LogP contribution in [0.1, 0.15) is 10.5 Å². The SMILES string of the molecule is C=CCNC(=O)c1ccc(Nc2cc(Cl)ccc2OC)cn1. The summed E-state index contributed by atoms with van der Waals surface area (Å²) in [6.45, 7) is 3.95. The quantitative estimate of drug-likeness (QED) is 0.801. The van der Waals surface area contributed by atoms with E-state index in [2.05, 4.69) is 22.2 Å². The van der Waals surface area contributed by atoms with E-state index in [1.54, 1.807) is 49.7 Å². The molecule has 1 heterocycles. The summed E-state index contributed by atoms with van der Waals surface area (Å²) in [6.07, 6.45) is 3.18. The summed E-state index contributed by atoms with van der Waals surface area (Å²) in [6, 6.07) is 8.67. The normalized spacial score (nSPS) is 9.91. The van der Waals surface area contributed by atoms with E-state index in [4.69, 9.17) is 16.3 Å². The van der Waals surface area contributed by atoms with Gasteiger partial charge in [0.1, 0.15) is 11.4 Å². The van der Waals surface area contributed by atoms with Gasteiger partial charge in [0.2, 0.25) is 0 Å². The van der Waals surface area contributed by atoms with Gasteiger partial charge in [-0.3, -0.25) is 4.79 Å². The molecule has 0 aliphatic heterocycles. The minimum absolute atomic E-state index is 0.244. The maximum Gasteiger partial charge on any atom is 0.270 e. The Hall–Kier alpha value is -2.53. The van der Waals surface area contributed by atoms with Crippen molar-refractivity contribution >= 4 is 28.9 Å². The number of halogens is 1. The lowest BCUT2D eigenvalue weighted by Gasteiger charge is -2.11. The van der Waals surface area contributed by atoms with Crippen molar-refractivity contribution in [3.8, 4) is 5.75 Å². The smallest absolute Gasteiger partial charge is 0.270 e. The van der Waals surface area contributed by atoms with Crippen LogP contribution in [0.4, 0.5) is 11.4 Å². The summed E-state index contributed by atoms with van der Waals surface area (Å²) in [4.78, 5) is 15.9. The Morgan fingerprint density at radius 1 is 1.41 bits per heavy atom.